The first kappa shape index (κ1) is 11.9. The lowest BCUT2D eigenvalue weighted by Crippen LogP contribution is -2.48. The Morgan fingerprint density at radius 1 is 1.36 bits per heavy atom. The molecule has 14 heavy (non-hydrogen) atoms. The van der Waals surface area contributed by atoms with Crippen LogP contribution in [0.5, 0.6) is 0 Å². The van der Waals surface area contributed by atoms with Crippen molar-refractivity contribution in [1.82, 2.24) is 4.90 Å². The number of halogens is 1. The Morgan fingerprint density at radius 2 is 2.00 bits per heavy atom. The minimum Gasteiger partial charge on any atom is -0.374 e. The molecule has 0 aromatic rings. The molecule has 2 fully saturated rings. The minimum atomic E-state index is -0.740. The molecule has 2 unspecified atom stereocenters. The number of fused-ring (bicyclic) bond motifs is 1. The van der Waals surface area contributed by atoms with E-state index in [1.165, 1.54) is 0 Å². The second-order valence-electron chi connectivity index (χ2n) is 3.98. The highest BCUT2D eigenvalue weighted by Gasteiger charge is 2.44. The van der Waals surface area contributed by atoms with Gasteiger partial charge in [-0.05, 0) is 26.9 Å². The Balaban J connectivity index is 0.000000461. The Morgan fingerprint density at radius 3 is 2.57 bits per heavy atom. The van der Waals surface area contributed by atoms with Gasteiger partial charge in [0, 0.05) is 12.0 Å². The van der Waals surface area contributed by atoms with Gasteiger partial charge in [-0.15, -0.1) is 0 Å². The van der Waals surface area contributed by atoms with Crippen molar-refractivity contribution in [3.63, 3.8) is 0 Å². The molecule has 2 nitrogen and oxygen atoms in total. The highest BCUT2D eigenvalue weighted by atomic mass is 19.1. The van der Waals surface area contributed by atoms with Crippen LogP contribution >= 0.6 is 0 Å². The molecule has 0 saturated carbocycles. The van der Waals surface area contributed by atoms with Crippen molar-refractivity contribution in [2.75, 3.05) is 20.2 Å². The van der Waals surface area contributed by atoms with Crippen molar-refractivity contribution in [2.45, 2.75) is 45.5 Å². The van der Waals surface area contributed by atoms with Gasteiger partial charge in [-0.3, -0.25) is 0 Å². The smallest absolute Gasteiger partial charge is 0.128 e. The zero-order valence-electron chi connectivity index (χ0n) is 9.66. The summed E-state index contributed by atoms with van der Waals surface area (Å²) in [6, 6.07) is 0.314. The van der Waals surface area contributed by atoms with Crippen molar-refractivity contribution in [3.05, 3.63) is 0 Å². The molecule has 3 heteroatoms. The van der Waals surface area contributed by atoms with E-state index in [1.54, 1.807) is 0 Å². The summed E-state index contributed by atoms with van der Waals surface area (Å²) in [5.41, 5.74) is 0. The lowest BCUT2D eigenvalue weighted by Gasteiger charge is -2.37. The zero-order chi connectivity index (χ0) is 10.7. The number of hydrogen-bond donors (Lipinski definition) is 0. The minimum absolute atomic E-state index is 0.203. The first-order valence-corrected chi connectivity index (χ1v) is 5.66. The average Bonchev–Trinajstić information content (AvgIpc) is 2.59. The highest BCUT2D eigenvalue weighted by Crippen LogP contribution is 2.34. The van der Waals surface area contributed by atoms with Gasteiger partial charge in [0.25, 0.3) is 0 Å². The average molecular weight is 203 g/mol. The number of rotatable bonds is 0. The molecule has 84 valence electrons. The summed E-state index contributed by atoms with van der Waals surface area (Å²) in [7, 11) is 2.06. The first-order valence-electron chi connectivity index (χ1n) is 5.66. The SMILES string of the molecule is CC.C[C@@H]1OCC(F)C2CCN(C)[C@@H]21. The van der Waals surface area contributed by atoms with Crippen molar-refractivity contribution in [1.29, 1.82) is 0 Å². The number of nitrogens with zero attached hydrogens (tertiary/aromatic N) is 1. The van der Waals surface area contributed by atoms with Gasteiger partial charge in [0.05, 0.1) is 12.7 Å². The van der Waals surface area contributed by atoms with Gasteiger partial charge in [-0.2, -0.15) is 0 Å². The summed E-state index contributed by atoms with van der Waals surface area (Å²) in [6.45, 7) is 7.37. The van der Waals surface area contributed by atoms with Crippen LogP contribution in [0, 0.1) is 5.92 Å². The molecule has 2 saturated heterocycles. The molecule has 2 rings (SSSR count). The molecule has 4 atom stereocenters. The number of hydrogen-bond acceptors (Lipinski definition) is 2. The maximum atomic E-state index is 13.3. The fourth-order valence-electron chi connectivity index (χ4n) is 2.57. The number of likely N-dealkylation sites (N-methyl/N-ethyl adjacent to an activating group) is 1. The molecule has 0 bridgehead atoms. The largest absolute Gasteiger partial charge is 0.374 e. The Hall–Kier alpha value is -0.150. The third kappa shape index (κ3) is 2.09. The van der Waals surface area contributed by atoms with Crippen LogP contribution in [0.4, 0.5) is 4.39 Å². The van der Waals surface area contributed by atoms with E-state index in [1.807, 2.05) is 20.8 Å². The molecule has 0 spiro atoms. The van der Waals surface area contributed by atoms with Gasteiger partial charge in [0.2, 0.25) is 0 Å². The molecule has 0 aliphatic carbocycles. The second kappa shape index (κ2) is 5.08. The molecule has 0 aromatic heterocycles. The van der Waals surface area contributed by atoms with Crippen molar-refractivity contribution >= 4 is 0 Å². The normalized spacial score (nSPS) is 42.6. The van der Waals surface area contributed by atoms with E-state index in [-0.39, 0.29) is 12.0 Å². The summed E-state index contributed by atoms with van der Waals surface area (Å²) in [4.78, 5) is 2.22. The van der Waals surface area contributed by atoms with Crippen molar-refractivity contribution in [3.8, 4) is 0 Å². The van der Waals surface area contributed by atoms with E-state index < -0.39 is 6.17 Å². The molecule has 2 heterocycles. The lowest BCUT2D eigenvalue weighted by molar-refractivity contribution is -0.0806. The Kier molecular flexibility index (Phi) is 4.32. The fraction of sp³-hybridized carbons (Fsp3) is 1.00. The predicted molar refractivity (Wildman–Crippen MR) is 56.2 cm³/mol. The van der Waals surface area contributed by atoms with Crippen LogP contribution in [0.3, 0.4) is 0 Å². The van der Waals surface area contributed by atoms with Crippen LogP contribution in [-0.4, -0.2) is 43.4 Å². The lowest BCUT2D eigenvalue weighted by atomic mass is 9.90. The van der Waals surface area contributed by atoms with Crippen LogP contribution in [0.15, 0.2) is 0 Å². The third-order valence-electron chi connectivity index (χ3n) is 3.23. The Bertz CT molecular complexity index is 177. The van der Waals surface area contributed by atoms with Gasteiger partial charge in [0.15, 0.2) is 0 Å². The molecular formula is C11H22FNO. The van der Waals surface area contributed by atoms with Crippen molar-refractivity contribution in [2.24, 2.45) is 5.92 Å². The molecule has 0 aromatic carbocycles. The molecule has 2 aliphatic heterocycles. The zero-order valence-corrected chi connectivity index (χ0v) is 9.66. The maximum Gasteiger partial charge on any atom is 0.128 e. The summed E-state index contributed by atoms with van der Waals surface area (Å²) in [6.07, 6.45) is 0.460. The maximum absolute atomic E-state index is 13.3. The topological polar surface area (TPSA) is 12.5 Å². The second-order valence-corrected chi connectivity index (χ2v) is 3.98. The van der Waals surface area contributed by atoms with E-state index in [0.29, 0.717) is 12.6 Å². The molecule has 0 amide bonds. The molecule has 0 N–H and O–H groups in total. The molecule has 0 radical (unpaired) electrons. The highest BCUT2D eigenvalue weighted by molar-refractivity contribution is 4.95. The van der Waals surface area contributed by atoms with Crippen LogP contribution in [-0.2, 0) is 4.74 Å². The van der Waals surface area contributed by atoms with E-state index in [9.17, 15) is 4.39 Å². The van der Waals surface area contributed by atoms with Gasteiger partial charge in [-0.1, -0.05) is 13.8 Å². The predicted octanol–water partition coefficient (Wildman–Crippen LogP) is 2.09. The van der Waals surface area contributed by atoms with E-state index in [4.69, 9.17) is 4.74 Å². The van der Waals surface area contributed by atoms with Gasteiger partial charge in [0.1, 0.15) is 6.17 Å². The molecular weight excluding hydrogens is 181 g/mol. The molecule has 2 aliphatic rings. The van der Waals surface area contributed by atoms with E-state index in [0.717, 1.165) is 13.0 Å². The first-order chi connectivity index (χ1) is 6.70. The summed E-state index contributed by atoms with van der Waals surface area (Å²) >= 11 is 0. The van der Waals surface area contributed by atoms with E-state index in [2.05, 4.69) is 11.9 Å². The number of ether oxygens (including phenoxy) is 1. The van der Waals surface area contributed by atoms with Crippen LogP contribution in [0.1, 0.15) is 27.2 Å². The van der Waals surface area contributed by atoms with Gasteiger partial charge in [-0.25, -0.2) is 4.39 Å². The standard InChI is InChI=1S/C9H16FNO.C2H6/c1-6-9-7(3-4-11(9)2)8(10)5-12-6;1-2/h6-9H,3-5H2,1-2H3;1-2H3/t6-,7?,8?,9+;/m0./s1. The Labute approximate surface area is 86.4 Å². The number of likely N-dealkylation sites (tertiary alicyclic amines) is 1. The van der Waals surface area contributed by atoms with Crippen LogP contribution < -0.4 is 0 Å². The fourth-order valence-corrected chi connectivity index (χ4v) is 2.57. The van der Waals surface area contributed by atoms with Gasteiger partial charge >= 0.3 is 0 Å². The summed E-state index contributed by atoms with van der Waals surface area (Å²) in [5, 5.41) is 0. The van der Waals surface area contributed by atoms with E-state index >= 15 is 0 Å². The van der Waals surface area contributed by atoms with Gasteiger partial charge < -0.3 is 9.64 Å². The monoisotopic (exact) mass is 203 g/mol. The van der Waals surface area contributed by atoms with Crippen LogP contribution in [0.2, 0.25) is 0 Å². The number of alkyl halides is 1. The van der Waals surface area contributed by atoms with Crippen LogP contribution in [0.25, 0.3) is 0 Å². The summed E-state index contributed by atoms with van der Waals surface area (Å²) in [5.74, 6) is 0.221. The quantitative estimate of drug-likeness (QED) is 0.597. The summed E-state index contributed by atoms with van der Waals surface area (Å²) < 4.78 is 18.7. The van der Waals surface area contributed by atoms with Crippen molar-refractivity contribution < 1.29 is 9.13 Å². The third-order valence-corrected chi connectivity index (χ3v) is 3.23.